The third kappa shape index (κ3) is 3.73. The summed E-state index contributed by atoms with van der Waals surface area (Å²) in [4.78, 5) is 41.3. The topological polar surface area (TPSA) is 113 Å². The number of rotatable bonds is 6. The van der Waals surface area contributed by atoms with Crippen LogP contribution < -0.4 is 15.6 Å². The van der Waals surface area contributed by atoms with E-state index >= 15 is 0 Å². The highest BCUT2D eigenvalue weighted by atomic mass is 16.5. The Labute approximate surface area is 159 Å². The molecule has 9 heteroatoms. The van der Waals surface area contributed by atoms with Gasteiger partial charge in [-0.2, -0.15) is 0 Å². The van der Waals surface area contributed by atoms with Crippen LogP contribution in [0.1, 0.15) is 23.0 Å². The highest BCUT2D eigenvalue weighted by Crippen LogP contribution is 2.21. The summed E-state index contributed by atoms with van der Waals surface area (Å²) >= 11 is 0. The standard InChI is InChI=1S/C19H19N3O6/c1-4-27-19(25)15-11(2)28-17-16(15)18(24)22(10-20-17)9-14(23)21-12-5-7-13(26-3)8-6-12/h5-8,10H,4,9H2,1-3H3,(H,21,23). The van der Waals surface area contributed by atoms with E-state index in [0.29, 0.717) is 11.4 Å². The lowest BCUT2D eigenvalue weighted by atomic mass is 10.2. The fraction of sp³-hybridized carbons (Fsp3) is 0.263. The highest BCUT2D eigenvalue weighted by Gasteiger charge is 2.24. The fourth-order valence-electron chi connectivity index (χ4n) is 2.73. The molecule has 0 radical (unpaired) electrons. The van der Waals surface area contributed by atoms with E-state index in [9.17, 15) is 14.4 Å². The van der Waals surface area contributed by atoms with E-state index in [4.69, 9.17) is 13.9 Å². The Kier molecular flexibility index (Phi) is 5.44. The van der Waals surface area contributed by atoms with Crippen LogP contribution in [0.4, 0.5) is 5.69 Å². The van der Waals surface area contributed by atoms with Crippen molar-refractivity contribution in [3.63, 3.8) is 0 Å². The summed E-state index contributed by atoms with van der Waals surface area (Å²) < 4.78 is 16.5. The molecule has 0 atom stereocenters. The number of fused-ring (bicyclic) bond motifs is 1. The van der Waals surface area contributed by atoms with E-state index in [1.165, 1.54) is 6.33 Å². The highest BCUT2D eigenvalue weighted by molar-refractivity contribution is 6.03. The Hall–Kier alpha value is -3.62. The summed E-state index contributed by atoms with van der Waals surface area (Å²) in [6.07, 6.45) is 1.20. The van der Waals surface area contributed by atoms with Crippen molar-refractivity contribution in [1.82, 2.24) is 9.55 Å². The Morgan fingerprint density at radius 3 is 2.61 bits per heavy atom. The second-order valence-corrected chi connectivity index (χ2v) is 5.89. The van der Waals surface area contributed by atoms with Crippen LogP contribution in [-0.4, -0.2) is 35.1 Å². The minimum Gasteiger partial charge on any atom is -0.497 e. The monoisotopic (exact) mass is 385 g/mol. The van der Waals surface area contributed by atoms with Gasteiger partial charge in [-0.15, -0.1) is 0 Å². The number of ether oxygens (including phenoxy) is 2. The van der Waals surface area contributed by atoms with E-state index in [2.05, 4.69) is 10.3 Å². The van der Waals surface area contributed by atoms with Crippen molar-refractivity contribution in [2.24, 2.45) is 0 Å². The summed E-state index contributed by atoms with van der Waals surface area (Å²) in [5.74, 6) is -0.200. The number of anilines is 1. The average Bonchev–Trinajstić information content (AvgIpc) is 3.01. The summed E-state index contributed by atoms with van der Waals surface area (Å²) in [6.45, 7) is 3.09. The number of carbonyl (C=O) groups is 2. The van der Waals surface area contributed by atoms with Crippen molar-refractivity contribution in [3.8, 4) is 5.75 Å². The largest absolute Gasteiger partial charge is 0.497 e. The number of aryl methyl sites for hydroxylation is 1. The molecule has 28 heavy (non-hydrogen) atoms. The molecular weight excluding hydrogens is 366 g/mol. The summed E-state index contributed by atoms with van der Waals surface area (Å²) in [5, 5.41) is 2.68. The molecule has 0 spiro atoms. The van der Waals surface area contributed by atoms with Gasteiger partial charge in [0.25, 0.3) is 5.56 Å². The molecule has 0 aliphatic heterocycles. The molecule has 2 heterocycles. The molecule has 0 unspecified atom stereocenters. The number of aromatic nitrogens is 2. The second-order valence-electron chi connectivity index (χ2n) is 5.89. The van der Waals surface area contributed by atoms with E-state index in [1.807, 2.05) is 0 Å². The summed E-state index contributed by atoms with van der Waals surface area (Å²) in [5.41, 5.74) is 0.0469. The third-order valence-corrected chi connectivity index (χ3v) is 4.02. The minimum atomic E-state index is -0.668. The zero-order chi connectivity index (χ0) is 20.3. The molecule has 9 nitrogen and oxygen atoms in total. The Morgan fingerprint density at radius 2 is 1.96 bits per heavy atom. The lowest BCUT2D eigenvalue weighted by Gasteiger charge is -2.08. The third-order valence-electron chi connectivity index (χ3n) is 4.02. The van der Waals surface area contributed by atoms with E-state index < -0.39 is 17.4 Å². The van der Waals surface area contributed by atoms with Crippen molar-refractivity contribution < 1.29 is 23.5 Å². The van der Waals surface area contributed by atoms with Crippen LogP contribution in [0.2, 0.25) is 0 Å². The van der Waals surface area contributed by atoms with Crippen LogP contribution in [0.15, 0.2) is 39.8 Å². The number of amides is 1. The number of nitrogens with zero attached hydrogens (tertiary/aromatic N) is 2. The smallest absolute Gasteiger partial charge is 0.342 e. The zero-order valence-corrected chi connectivity index (χ0v) is 15.6. The first-order valence-corrected chi connectivity index (χ1v) is 8.54. The molecule has 146 valence electrons. The van der Waals surface area contributed by atoms with Gasteiger partial charge in [-0.05, 0) is 38.1 Å². The molecule has 0 aliphatic carbocycles. The van der Waals surface area contributed by atoms with Gasteiger partial charge in [0, 0.05) is 5.69 Å². The molecule has 3 aromatic rings. The van der Waals surface area contributed by atoms with Crippen LogP contribution in [0.5, 0.6) is 5.75 Å². The predicted octanol–water partition coefficient (Wildman–Crippen LogP) is 2.12. The van der Waals surface area contributed by atoms with E-state index in [-0.39, 0.29) is 35.6 Å². The van der Waals surface area contributed by atoms with Gasteiger partial charge in [0.1, 0.15) is 35.3 Å². The molecule has 0 saturated carbocycles. The molecular formula is C19H19N3O6. The van der Waals surface area contributed by atoms with Crippen molar-refractivity contribution in [2.45, 2.75) is 20.4 Å². The number of hydrogen-bond donors (Lipinski definition) is 1. The van der Waals surface area contributed by atoms with Gasteiger partial charge in [-0.3, -0.25) is 14.2 Å². The van der Waals surface area contributed by atoms with Crippen molar-refractivity contribution >= 4 is 28.7 Å². The van der Waals surface area contributed by atoms with Crippen molar-refractivity contribution in [2.75, 3.05) is 19.0 Å². The number of hydrogen-bond acceptors (Lipinski definition) is 7. The van der Waals surface area contributed by atoms with Gasteiger partial charge in [0.05, 0.1) is 13.7 Å². The predicted molar refractivity (Wildman–Crippen MR) is 101 cm³/mol. The average molecular weight is 385 g/mol. The number of esters is 1. The summed E-state index contributed by atoms with van der Waals surface area (Å²) in [6, 6.07) is 6.77. The normalized spacial score (nSPS) is 10.7. The quantitative estimate of drug-likeness (QED) is 0.647. The van der Waals surface area contributed by atoms with Crippen LogP contribution >= 0.6 is 0 Å². The molecule has 2 aromatic heterocycles. The number of methoxy groups -OCH3 is 1. The first-order valence-electron chi connectivity index (χ1n) is 8.54. The Morgan fingerprint density at radius 1 is 1.25 bits per heavy atom. The SMILES string of the molecule is CCOC(=O)c1c(C)oc2ncn(CC(=O)Nc3ccc(OC)cc3)c(=O)c12. The van der Waals surface area contributed by atoms with Crippen molar-refractivity contribution in [1.29, 1.82) is 0 Å². The lowest BCUT2D eigenvalue weighted by Crippen LogP contribution is -2.28. The molecule has 1 N–H and O–H groups in total. The van der Waals surface area contributed by atoms with E-state index in [0.717, 1.165) is 4.57 Å². The molecule has 0 fully saturated rings. The van der Waals surface area contributed by atoms with Gasteiger partial charge in [-0.25, -0.2) is 9.78 Å². The number of nitrogens with one attached hydrogen (secondary N) is 1. The molecule has 1 amide bonds. The van der Waals surface area contributed by atoms with Gasteiger partial charge < -0.3 is 19.2 Å². The lowest BCUT2D eigenvalue weighted by molar-refractivity contribution is -0.116. The Balaban J connectivity index is 1.87. The summed E-state index contributed by atoms with van der Waals surface area (Å²) in [7, 11) is 1.55. The number of furan rings is 1. The van der Waals surface area contributed by atoms with Crippen molar-refractivity contribution in [3.05, 3.63) is 52.3 Å². The molecule has 0 aliphatic rings. The number of carbonyl (C=O) groups excluding carboxylic acids is 2. The van der Waals surface area contributed by atoms with Crippen LogP contribution in [0, 0.1) is 6.92 Å². The fourth-order valence-corrected chi connectivity index (χ4v) is 2.73. The van der Waals surface area contributed by atoms with Gasteiger partial charge >= 0.3 is 5.97 Å². The van der Waals surface area contributed by atoms with Gasteiger partial charge in [0.2, 0.25) is 11.6 Å². The van der Waals surface area contributed by atoms with E-state index in [1.54, 1.807) is 45.2 Å². The molecule has 3 rings (SSSR count). The van der Waals surface area contributed by atoms with Gasteiger partial charge in [-0.1, -0.05) is 0 Å². The molecule has 0 bridgehead atoms. The molecule has 1 aromatic carbocycles. The first-order chi connectivity index (χ1) is 13.4. The maximum atomic E-state index is 12.8. The van der Waals surface area contributed by atoms with Gasteiger partial charge in [0.15, 0.2) is 0 Å². The maximum Gasteiger partial charge on any atom is 0.342 e. The molecule has 0 saturated heterocycles. The van der Waals surface area contributed by atoms with Crippen LogP contribution in [0.25, 0.3) is 11.1 Å². The maximum absolute atomic E-state index is 12.8. The Bertz CT molecular complexity index is 1080. The van der Waals surface area contributed by atoms with Crippen LogP contribution in [0.3, 0.4) is 0 Å². The minimum absolute atomic E-state index is 0.00398. The second kappa shape index (κ2) is 7.95. The van der Waals surface area contributed by atoms with Crippen LogP contribution in [-0.2, 0) is 16.1 Å². The zero-order valence-electron chi connectivity index (χ0n) is 15.6. The first kappa shape index (κ1) is 19.2. The number of benzene rings is 1.